The minimum absolute atomic E-state index is 0.0126. The fourth-order valence-corrected chi connectivity index (χ4v) is 4.24. The average molecular weight is 346 g/mol. The molecule has 0 radical (unpaired) electrons. The number of rotatable bonds is 2. The Bertz CT molecular complexity index is 754. The van der Waals surface area contributed by atoms with Crippen molar-refractivity contribution in [2.75, 3.05) is 18.0 Å². The molecule has 2 saturated heterocycles. The van der Waals surface area contributed by atoms with E-state index >= 15 is 0 Å². The van der Waals surface area contributed by atoms with Gasteiger partial charge in [-0.25, -0.2) is 4.39 Å². The SMILES string of the molecule is O=C1N(c2ccc(F)cc2)C(c2ccc(Cl)cc2)C12CC[NH2+]CC2. The van der Waals surface area contributed by atoms with Crippen LogP contribution < -0.4 is 10.2 Å². The topological polar surface area (TPSA) is 36.9 Å². The molecule has 0 bridgehead atoms. The van der Waals surface area contributed by atoms with Crippen LogP contribution in [0, 0.1) is 11.2 Å². The summed E-state index contributed by atoms with van der Waals surface area (Å²) in [4.78, 5) is 14.9. The van der Waals surface area contributed by atoms with E-state index in [4.69, 9.17) is 11.6 Å². The molecule has 1 spiro atoms. The molecule has 2 N–H and O–H groups in total. The van der Waals surface area contributed by atoms with Gasteiger partial charge in [-0.15, -0.1) is 0 Å². The van der Waals surface area contributed by atoms with Crippen LogP contribution in [0.3, 0.4) is 0 Å². The summed E-state index contributed by atoms with van der Waals surface area (Å²) in [6.45, 7) is 1.93. The lowest BCUT2D eigenvalue weighted by molar-refractivity contribution is -0.667. The average Bonchev–Trinajstić information content (AvgIpc) is 2.62. The Hall–Kier alpha value is -1.91. The molecule has 2 aliphatic rings. The van der Waals surface area contributed by atoms with Gasteiger partial charge in [-0.05, 0) is 42.0 Å². The summed E-state index contributed by atoms with van der Waals surface area (Å²) in [5.74, 6) is -0.140. The zero-order valence-corrected chi connectivity index (χ0v) is 14.0. The van der Waals surface area contributed by atoms with Gasteiger partial charge in [0.2, 0.25) is 5.91 Å². The summed E-state index contributed by atoms with van der Waals surface area (Å²) in [7, 11) is 0. The van der Waals surface area contributed by atoms with E-state index < -0.39 is 0 Å². The molecule has 2 aliphatic heterocycles. The molecule has 3 nitrogen and oxygen atoms in total. The quantitative estimate of drug-likeness (QED) is 0.835. The first-order valence-corrected chi connectivity index (χ1v) is 8.66. The third-order valence-electron chi connectivity index (χ3n) is 5.31. The van der Waals surface area contributed by atoms with Gasteiger partial charge in [-0.3, -0.25) is 4.79 Å². The molecule has 24 heavy (non-hydrogen) atoms. The monoisotopic (exact) mass is 345 g/mol. The van der Waals surface area contributed by atoms with Gasteiger partial charge in [0.05, 0.1) is 24.5 Å². The lowest BCUT2D eigenvalue weighted by atomic mass is 9.62. The van der Waals surface area contributed by atoms with E-state index in [1.807, 2.05) is 29.2 Å². The molecule has 0 saturated carbocycles. The first kappa shape index (κ1) is 15.6. The van der Waals surface area contributed by atoms with Gasteiger partial charge >= 0.3 is 0 Å². The number of halogens is 2. The van der Waals surface area contributed by atoms with E-state index in [0.29, 0.717) is 5.02 Å². The van der Waals surface area contributed by atoms with Crippen LogP contribution in [0.4, 0.5) is 10.1 Å². The Morgan fingerprint density at radius 3 is 2.29 bits per heavy atom. The van der Waals surface area contributed by atoms with Crippen molar-refractivity contribution in [3.8, 4) is 0 Å². The first-order chi connectivity index (χ1) is 11.6. The summed E-state index contributed by atoms with van der Waals surface area (Å²) >= 11 is 6.03. The normalized spacial score (nSPS) is 22.5. The molecule has 1 unspecified atom stereocenters. The Kier molecular flexibility index (Phi) is 3.82. The maximum absolute atomic E-state index is 13.3. The van der Waals surface area contributed by atoms with Crippen molar-refractivity contribution in [2.24, 2.45) is 5.41 Å². The Morgan fingerprint density at radius 2 is 1.67 bits per heavy atom. The molecule has 2 fully saturated rings. The lowest BCUT2D eigenvalue weighted by Crippen LogP contribution is -2.89. The van der Waals surface area contributed by atoms with Crippen LogP contribution in [-0.2, 0) is 4.79 Å². The smallest absolute Gasteiger partial charge is 0.236 e. The minimum Gasteiger partial charge on any atom is -0.346 e. The molecular weight excluding hydrogens is 327 g/mol. The number of hydrogen-bond acceptors (Lipinski definition) is 1. The number of benzene rings is 2. The number of β-lactam (4-membered cyclic amide) rings is 1. The highest BCUT2D eigenvalue weighted by atomic mass is 35.5. The van der Waals surface area contributed by atoms with E-state index in [2.05, 4.69) is 5.32 Å². The predicted octanol–water partition coefficient (Wildman–Crippen LogP) is 2.91. The van der Waals surface area contributed by atoms with Crippen molar-refractivity contribution >= 4 is 23.2 Å². The van der Waals surface area contributed by atoms with Crippen molar-refractivity contribution in [1.82, 2.24) is 0 Å². The first-order valence-electron chi connectivity index (χ1n) is 8.28. The van der Waals surface area contributed by atoms with Crippen LogP contribution in [0.2, 0.25) is 5.02 Å². The second-order valence-electron chi connectivity index (χ2n) is 6.63. The third-order valence-corrected chi connectivity index (χ3v) is 5.56. The summed E-state index contributed by atoms with van der Waals surface area (Å²) < 4.78 is 13.3. The number of piperidine rings is 1. The van der Waals surface area contributed by atoms with Crippen LogP contribution in [0.5, 0.6) is 0 Å². The van der Waals surface area contributed by atoms with Crippen molar-refractivity contribution in [1.29, 1.82) is 0 Å². The largest absolute Gasteiger partial charge is 0.346 e. The van der Waals surface area contributed by atoms with Crippen LogP contribution in [0.25, 0.3) is 0 Å². The fraction of sp³-hybridized carbons (Fsp3) is 0.316. The molecule has 5 heteroatoms. The number of nitrogens with two attached hydrogens (primary N) is 1. The van der Waals surface area contributed by atoms with E-state index in [1.54, 1.807) is 12.1 Å². The summed E-state index contributed by atoms with van der Waals surface area (Å²) in [6.07, 6.45) is 1.74. The maximum atomic E-state index is 13.3. The standard InChI is InChI=1S/C19H18ClFN2O/c20-14-3-1-13(2-4-14)17-19(9-11-22-12-10-19)18(24)23(17)16-7-5-15(21)6-8-16/h1-8,17,22H,9-12H2/p+1. The van der Waals surface area contributed by atoms with E-state index in [9.17, 15) is 9.18 Å². The molecular formula is C19H19ClFN2O+. The van der Waals surface area contributed by atoms with Crippen LogP contribution in [0.15, 0.2) is 48.5 Å². The minimum atomic E-state index is -0.336. The molecule has 124 valence electrons. The van der Waals surface area contributed by atoms with Crippen LogP contribution >= 0.6 is 11.6 Å². The Balaban J connectivity index is 1.76. The van der Waals surface area contributed by atoms with Crippen molar-refractivity contribution in [3.05, 3.63) is 64.9 Å². The molecule has 4 rings (SSSR count). The van der Waals surface area contributed by atoms with Gasteiger partial charge in [0.25, 0.3) is 0 Å². The van der Waals surface area contributed by atoms with Crippen molar-refractivity contribution in [3.63, 3.8) is 0 Å². The predicted molar refractivity (Wildman–Crippen MR) is 91.4 cm³/mol. The Labute approximate surface area is 145 Å². The number of hydrogen-bond donors (Lipinski definition) is 1. The molecule has 0 aromatic heterocycles. The molecule has 1 atom stereocenters. The second-order valence-corrected chi connectivity index (χ2v) is 7.06. The summed E-state index contributed by atoms with van der Waals surface area (Å²) in [5, 5.41) is 2.95. The van der Waals surface area contributed by atoms with Gasteiger partial charge in [-0.2, -0.15) is 0 Å². The van der Waals surface area contributed by atoms with E-state index in [1.165, 1.54) is 12.1 Å². The maximum Gasteiger partial charge on any atom is 0.236 e. The molecule has 2 aromatic carbocycles. The van der Waals surface area contributed by atoms with Crippen LogP contribution in [0.1, 0.15) is 24.4 Å². The summed E-state index contributed by atoms with van der Waals surface area (Å²) in [5.41, 5.74) is 1.50. The highest BCUT2D eigenvalue weighted by Gasteiger charge is 2.62. The molecule has 2 aromatic rings. The van der Waals surface area contributed by atoms with Gasteiger partial charge < -0.3 is 10.2 Å². The number of anilines is 1. The van der Waals surface area contributed by atoms with Crippen molar-refractivity contribution < 1.29 is 14.5 Å². The fourth-order valence-electron chi connectivity index (χ4n) is 4.11. The zero-order chi connectivity index (χ0) is 16.7. The highest BCUT2D eigenvalue weighted by Crippen LogP contribution is 2.56. The molecule has 2 heterocycles. The van der Waals surface area contributed by atoms with Crippen LogP contribution in [-0.4, -0.2) is 19.0 Å². The van der Waals surface area contributed by atoms with Gasteiger partial charge in [0.1, 0.15) is 5.82 Å². The summed E-state index contributed by atoms with van der Waals surface area (Å²) in [6, 6.07) is 13.9. The number of amides is 1. The second kappa shape index (κ2) is 5.87. The number of carbonyl (C=O) groups excluding carboxylic acids is 1. The third kappa shape index (κ3) is 2.33. The van der Waals surface area contributed by atoms with Gasteiger partial charge in [-0.1, -0.05) is 23.7 Å². The van der Waals surface area contributed by atoms with E-state index in [0.717, 1.165) is 37.2 Å². The Morgan fingerprint density at radius 1 is 1.04 bits per heavy atom. The molecule has 0 aliphatic carbocycles. The van der Waals surface area contributed by atoms with Gasteiger partial charge in [0.15, 0.2) is 0 Å². The van der Waals surface area contributed by atoms with E-state index in [-0.39, 0.29) is 23.2 Å². The number of carbonyl (C=O) groups is 1. The number of nitrogens with zero attached hydrogens (tertiary/aromatic N) is 1. The highest BCUT2D eigenvalue weighted by molar-refractivity contribution is 6.30. The molecule has 1 amide bonds. The van der Waals surface area contributed by atoms with Crippen molar-refractivity contribution in [2.45, 2.75) is 18.9 Å². The zero-order valence-electron chi connectivity index (χ0n) is 13.2. The van der Waals surface area contributed by atoms with Gasteiger partial charge in [0, 0.05) is 23.6 Å². The lowest BCUT2D eigenvalue weighted by Gasteiger charge is -2.57. The number of quaternary nitrogens is 1.